The van der Waals surface area contributed by atoms with E-state index >= 15 is 0 Å². The second-order valence-electron chi connectivity index (χ2n) is 8.16. The van der Waals surface area contributed by atoms with Crippen LogP contribution in [-0.4, -0.2) is 37.1 Å². The number of hydrogen-bond donors (Lipinski definition) is 3. The zero-order valence-electron chi connectivity index (χ0n) is 20.8. The Morgan fingerprint density at radius 3 is 2.56 bits per heavy atom. The van der Waals surface area contributed by atoms with Gasteiger partial charge in [0.2, 0.25) is 6.41 Å². The second kappa shape index (κ2) is 10.7. The van der Waals surface area contributed by atoms with E-state index in [0.29, 0.717) is 52.5 Å². The number of aromatic nitrogens is 2. The minimum absolute atomic E-state index is 0.464. The van der Waals surface area contributed by atoms with Gasteiger partial charge in [-0.15, -0.1) is 0 Å². The lowest BCUT2D eigenvalue weighted by molar-refractivity contribution is -0.105. The lowest BCUT2D eigenvalue weighted by Gasteiger charge is -2.18. The summed E-state index contributed by atoms with van der Waals surface area (Å²) < 4.78 is 11.0. The molecule has 0 radical (unpaired) electrons. The van der Waals surface area contributed by atoms with E-state index in [1.54, 1.807) is 26.5 Å². The van der Waals surface area contributed by atoms with Crippen LogP contribution in [0.4, 0.5) is 23.0 Å². The number of nitrogens with one attached hydrogen (secondary N) is 3. The van der Waals surface area contributed by atoms with Crippen LogP contribution in [0.15, 0.2) is 42.6 Å². The van der Waals surface area contributed by atoms with Gasteiger partial charge in [0.1, 0.15) is 23.1 Å². The Bertz CT molecular complexity index is 1410. The van der Waals surface area contributed by atoms with Gasteiger partial charge in [-0.2, -0.15) is 0 Å². The first-order valence-electron chi connectivity index (χ1n) is 11.4. The van der Waals surface area contributed by atoms with E-state index in [1.165, 1.54) is 0 Å². The summed E-state index contributed by atoms with van der Waals surface area (Å²) in [5.41, 5.74) is 4.69. The van der Waals surface area contributed by atoms with Crippen molar-refractivity contribution in [3.05, 3.63) is 58.7 Å². The lowest BCUT2D eigenvalue weighted by Crippen LogP contribution is -2.05. The van der Waals surface area contributed by atoms with Crippen molar-refractivity contribution in [1.29, 1.82) is 0 Å². The molecule has 4 rings (SSSR count). The van der Waals surface area contributed by atoms with Crippen LogP contribution in [0.2, 0.25) is 5.02 Å². The molecule has 2 aromatic heterocycles. The van der Waals surface area contributed by atoms with Gasteiger partial charge in [0.25, 0.3) is 0 Å². The number of anilines is 4. The van der Waals surface area contributed by atoms with Gasteiger partial charge in [0.05, 0.1) is 36.3 Å². The van der Waals surface area contributed by atoms with Gasteiger partial charge < -0.3 is 25.4 Å². The molecule has 4 aromatic rings. The number of benzene rings is 2. The molecule has 2 heterocycles. The van der Waals surface area contributed by atoms with Crippen LogP contribution in [0.1, 0.15) is 18.1 Å². The number of amides is 1. The molecule has 0 spiro atoms. The summed E-state index contributed by atoms with van der Waals surface area (Å²) in [6, 6.07) is 11.3. The first-order valence-corrected chi connectivity index (χ1v) is 11.8. The highest BCUT2D eigenvalue weighted by molar-refractivity contribution is 6.35. The lowest BCUT2D eigenvalue weighted by atomic mass is 10.0. The molecule has 2 aromatic carbocycles. The first-order chi connectivity index (χ1) is 17.4. The zero-order chi connectivity index (χ0) is 25.8. The molecular weight excluding hydrogens is 478 g/mol. The molecule has 0 atom stereocenters. The van der Waals surface area contributed by atoms with E-state index in [4.69, 9.17) is 26.1 Å². The second-order valence-corrected chi connectivity index (χ2v) is 8.53. The number of halogens is 1. The smallest absolute Gasteiger partial charge is 0.211 e. The van der Waals surface area contributed by atoms with Gasteiger partial charge in [-0.05, 0) is 44.5 Å². The van der Waals surface area contributed by atoms with Crippen molar-refractivity contribution >= 4 is 51.8 Å². The minimum atomic E-state index is 0.464. The topological polar surface area (TPSA) is 97.4 Å². The van der Waals surface area contributed by atoms with Crippen LogP contribution in [0, 0.1) is 13.8 Å². The Balaban J connectivity index is 1.86. The Kier molecular flexibility index (Phi) is 7.45. The van der Waals surface area contributed by atoms with Crippen LogP contribution in [0.25, 0.3) is 22.0 Å². The molecule has 8 nitrogen and oxygen atoms in total. The molecular formula is C27H28ClN5O3. The van der Waals surface area contributed by atoms with Crippen LogP contribution in [0.3, 0.4) is 0 Å². The third kappa shape index (κ3) is 4.72. The van der Waals surface area contributed by atoms with Crippen LogP contribution < -0.4 is 25.4 Å². The molecule has 0 bridgehead atoms. The maximum atomic E-state index is 11.1. The van der Waals surface area contributed by atoms with Crippen molar-refractivity contribution in [2.45, 2.75) is 20.8 Å². The van der Waals surface area contributed by atoms with E-state index in [1.807, 2.05) is 51.1 Å². The fourth-order valence-corrected chi connectivity index (χ4v) is 4.53. The van der Waals surface area contributed by atoms with Crippen molar-refractivity contribution in [2.75, 3.05) is 36.7 Å². The number of carbonyl (C=O) groups excluding carboxylic acids is 1. The number of pyridine rings is 2. The van der Waals surface area contributed by atoms with E-state index in [-0.39, 0.29) is 0 Å². The van der Waals surface area contributed by atoms with Crippen molar-refractivity contribution in [3.63, 3.8) is 0 Å². The first kappa shape index (κ1) is 25.1. The number of nitrogens with zero attached hydrogens (tertiary/aromatic N) is 2. The molecule has 36 heavy (non-hydrogen) atoms. The number of rotatable bonds is 9. The van der Waals surface area contributed by atoms with Gasteiger partial charge >= 0.3 is 0 Å². The number of para-hydroxylation sites is 1. The third-order valence-corrected chi connectivity index (χ3v) is 6.31. The van der Waals surface area contributed by atoms with E-state index in [2.05, 4.69) is 20.9 Å². The van der Waals surface area contributed by atoms with Crippen molar-refractivity contribution in [1.82, 2.24) is 9.97 Å². The maximum Gasteiger partial charge on any atom is 0.211 e. The SMILES string of the molecule is CCNc1nc(-c2c(C)c(OC)cc(OC)c2Cl)cc2cnc(Nc3c(C)cccc3NC=O)cc12. The number of ether oxygens (including phenoxy) is 2. The van der Waals surface area contributed by atoms with Gasteiger partial charge in [-0.25, -0.2) is 9.97 Å². The van der Waals surface area contributed by atoms with E-state index in [0.717, 1.165) is 33.2 Å². The van der Waals surface area contributed by atoms with E-state index < -0.39 is 0 Å². The average molecular weight is 506 g/mol. The number of aryl methyl sites for hydroxylation is 1. The standard InChI is InChI=1S/C27H28ClN5O3/c1-6-29-27-18-11-23(33-26-15(2)8-7-9-19(26)31-14-34)30-13-17(18)10-20(32-27)24-16(3)21(35-4)12-22(36-5)25(24)28/h7-14H,6H2,1-5H3,(H,29,32)(H,30,33)(H,31,34). The molecule has 0 saturated carbocycles. The number of methoxy groups -OCH3 is 2. The minimum Gasteiger partial charge on any atom is -0.496 e. The average Bonchev–Trinajstić information content (AvgIpc) is 2.87. The molecule has 9 heteroatoms. The van der Waals surface area contributed by atoms with Gasteiger partial charge in [0, 0.05) is 40.7 Å². The number of hydrogen-bond acceptors (Lipinski definition) is 7. The fourth-order valence-electron chi connectivity index (χ4n) is 4.16. The Labute approximate surface area is 215 Å². The molecule has 0 fully saturated rings. The monoisotopic (exact) mass is 505 g/mol. The predicted molar refractivity (Wildman–Crippen MR) is 146 cm³/mol. The molecule has 1 amide bonds. The molecule has 0 aliphatic carbocycles. The highest BCUT2D eigenvalue weighted by Gasteiger charge is 2.20. The third-order valence-electron chi connectivity index (χ3n) is 5.94. The number of fused-ring (bicyclic) bond motifs is 1. The van der Waals surface area contributed by atoms with Crippen LogP contribution in [0.5, 0.6) is 11.5 Å². The summed E-state index contributed by atoms with van der Waals surface area (Å²) >= 11 is 6.73. The molecule has 0 saturated heterocycles. The van der Waals surface area contributed by atoms with Crippen molar-refractivity contribution < 1.29 is 14.3 Å². The zero-order valence-corrected chi connectivity index (χ0v) is 21.6. The summed E-state index contributed by atoms with van der Waals surface area (Å²) in [6.07, 6.45) is 2.44. The van der Waals surface area contributed by atoms with Gasteiger partial charge in [-0.3, -0.25) is 4.79 Å². The van der Waals surface area contributed by atoms with Gasteiger partial charge in [-0.1, -0.05) is 23.7 Å². The quantitative estimate of drug-likeness (QED) is 0.229. The van der Waals surface area contributed by atoms with Crippen molar-refractivity contribution in [2.24, 2.45) is 0 Å². The fraction of sp³-hybridized carbons (Fsp3) is 0.222. The predicted octanol–water partition coefficient (Wildman–Crippen LogP) is 6.33. The number of carbonyl (C=O) groups is 1. The summed E-state index contributed by atoms with van der Waals surface area (Å²) in [6.45, 7) is 6.59. The van der Waals surface area contributed by atoms with Crippen molar-refractivity contribution in [3.8, 4) is 22.8 Å². The Morgan fingerprint density at radius 1 is 1.08 bits per heavy atom. The van der Waals surface area contributed by atoms with Crippen LogP contribution >= 0.6 is 11.6 Å². The van der Waals surface area contributed by atoms with Crippen LogP contribution in [-0.2, 0) is 4.79 Å². The Hall–Kier alpha value is -4.04. The summed E-state index contributed by atoms with van der Waals surface area (Å²) in [4.78, 5) is 20.6. The highest BCUT2D eigenvalue weighted by Crippen LogP contribution is 2.43. The largest absolute Gasteiger partial charge is 0.496 e. The maximum absolute atomic E-state index is 11.1. The summed E-state index contributed by atoms with van der Waals surface area (Å²) in [5, 5.41) is 11.7. The molecule has 0 aliphatic rings. The Morgan fingerprint density at radius 2 is 1.86 bits per heavy atom. The normalized spacial score (nSPS) is 10.7. The molecule has 0 aliphatic heterocycles. The summed E-state index contributed by atoms with van der Waals surface area (Å²) in [7, 11) is 3.18. The molecule has 3 N–H and O–H groups in total. The van der Waals surface area contributed by atoms with E-state index in [9.17, 15) is 4.79 Å². The molecule has 0 unspecified atom stereocenters. The molecule has 186 valence electrons. The van der Waals surface area contributed by atoms with Gasteiger partial charge in [0.15, 0.2) is 0 Å². The summed E-state index contributed by atoms with van der Waals surface area (Å²) in [5.74, 6) is 2.49. The highest BCUT2D eigenvalue weighted by atomic mass is 35.5.